The van der Waals surface area contributed by atoms with E-state index < -0.39 is 4.81 Å². The van der Waals surface area contributed by atoms with Crippen LogP contribution in [0.25, 0.3) is 0 Å². The van der Waals surface area contributed by atoms with Crippen LogP contribution in [0.4, 0.5) is 0 Å². The second kappa shape index (κ2) is 32.3. The van der Waals surface area contributed by atoms with Crippen molar-refractivity contribution < 1.29 is 24.1 Å². The van der Waals surface area contributed by atoms with E-state index in [1.165, 1.54) is 167 Å². The van der Waals surface area contributed by atoms with Crippen LogP contribution in [0, 0.1) is 0 Å². The first-order valence-electron chi connectivity index (χ1n) is 19.2. The topological polar surface area (TPSA) is 52.6 Å². The third kappa shape index (κ3) is 33.6. The molecule has 0 rings (SSSR count). The van der Waals surface area contributed by atoms with Crippen LogP contribution >= 0.6 is 0 Å². The van der Waals surface area contributed by atoms with E-state index in [1.54, 1.807) is 14.1 Å². The van der Waals surface area contributed by atoms with E-state index in [1.807, 2.05) is 0 Å². The van der Waals surface area contributed by atoms with Gasteiger partial charge in [0.2, 0.25) is 0 Å². The molecule has 0 fully saturated rings. The van der Waals surface area contributed by atoms with Gasteiger partial charge in [-0.1, -0.05) is 194 Å². The minimum atomic E-state index is -0.477. The van der Waals surface area contributed by atoms with Gasteiger partial charge in [-0.15, -0.1) is 0 Å². The lowest BCUT2D eigenvalue weighted by atomic mass is 10.0. The molecule has 0 bridgehead atoms. The molecule has 256 valence electrons. The Kier molecular flexibility index (Phi) is 31.5. The molecule has 0 aromatic carbocycles. The van der Waals surface area contributed by atoms with E-state index in [0.29, 0.717) is 12.8 Å². The molecule has 0 radical (unpaired) electrons. The SMILES string of the molecule is CCCCCCCCCCCCCCCCCC(=O)O[N+](C)(C)OC(=O)CCCCCCCCCCCCCCCCC. The second-order valence-electron chi connectivity index (χ2n) is 13.6. The predicted molar refractivity (Wildman–Crippen MR) is 183 cm³/mol. The number of hydroxylamine groups is 4. The van der Waals surface area contributed by atoms with Gasteiger partial charge in [0.15, 0.2) is 14.1 Å². The second-order valence-corrected chi connectivity index (χ2v) is 13.6. The van der Waals surface area contributed by atoms with Gasteiger partial charge in [0, 0.05) is 4.81 Å². The largest absolute Gasteiger partial charge is 0.372 e. The molecule has 0 spiro atoms. The number of nitrogens with zero attached hydrogens (tertiary/aromatic N) is 1. The van der Waals surface area contributed by atoms with Crippen molar-refractivity contribution in [1.82, 2.24) is 0 Å². The van der Waals surface area contributed by atoms with Gasteiger partial charge in [-0.25, -0.2) is 19.3 Å². The molecule has 0 aliphatic rings. The highest BCUT2D eigenvalue weighted by Crippen LogP contribution is 2.16. The van der Waals surface area contributed by atoms with Crippen LogP contribution in [-0.2, 0) is 19.3 Å². The van der Waals surface area contributed by atoms with Crippen molar-refractivity contribution in [1.29, 1.82) is 0 Å². The average molecular weight is 611 g/mol. The van der Waals surface area contributed by atoms with Crippen LogP contribution in [0.1, 0.15) is 219 Å². The zero-order valence-electron chi connectivity index (χ0n) is 29.7. The summed E-state index contributed by atoms with van der Waals surface area (Å²) in [5.41, 5.74) is 0. The molecular weight excluding hydrogens is 534 g/mol. The lowest BCUT2D eigenvalue weighted by Crippen LogP contribution is -2.43. The Morgan fingerprint density at radius 1 is 0.349 bits per heavy atom. The molecule has 0 aromatic rings. The Hall–Kier alpha value is -1.10. The van der Waals surface area contributed by atoms with Crippen LogP contribution in [0.5, 0.6) is 0 Å². The summed E-state index contributed by atoms with van der Waals surface area (Å²) >= 11 is 0. The summed E-state index contributed by atoms with van der Waals surface area (Å²) in [7, 11) is 3.21. The highest BCUT2D eigenvalue weighted by atomic mass is 17.0. The molecular formula is C38H76NO4+. The van der Waals surface area contributed by atoms with Gasteiger partial charge < -0.3 is 0 Å². The van der Waals surface area contributed by atoms with Gasteiger partial charge >= 0.3 is 11.9 Å². The highest BCUT2D eigenvalue weighted by molar-refractivity contribution is 5.69. The van der Waals surface area contributed by atoms with E-state index in [2.05, 4.69) is 13.8 Å². The van der Waals surface area contributed by atoms with E-state index in [4.69, 9.17) is 9.68 Å². The summed E-state index contributed by atoms with van der Waals surface area (Å²) < 4.78 is 0. The smallest absolute Gasteiger partial charge is 0.245 e. The monoisotopic (exact) mass is 611 g/mol. The molecule has 0 aliphatic carbocycles. The quantitative estimate of drug-likeness (QED) is 0.0413. The lowest BCUT2D eigenvalue weighted by Gasteiger charge is -2.22. The fraction of sp³-hybridized carbons (Fsp3) is 0.947. The third-order valence-corrected chi connectivity index (χ3v) is 8.61. The van der Waals surface area contributed by atoms with Crippen LogP contribution in [0.3, 0.4) is 0 Å². The number of rotatable bonds is 34. The maximum atomic E-state index is 12.3. The Bertz CT molecular complexity index is 557. The van der Waals surface area contributed by atoms with E-state index in [0.717, 1.165) is 25.7 Å². The summed E-state index contributed by atoms with van der Waals surface area (Å²) in [6.45, 7) is 4.55. The first-order valence-corrected chi connectivity index (χ1v) is 19.2. The Labute approximate surface area is 269 Å². The maximum absolute atomic E-state index is 12.3. The van der Waals surface area contributed by atoms with Gasteiger partial charge in [0.25, 0.3) is 0 Å². The van der Waals surface area contributed by atoms with Crippen LogP contribution in [0.2, 0.25) is 0 Å². The molecule has 0 heterocycles. The van der Waals surface area contributed by atoms with Crippen LogP contribution in [-0.4, -0.2) is 30.8 Å². The highest BCUT2D eigenvalue weighted by Gasteiger charge is 2.27. The molecule has 43 heavy (non-hydrogen) atoms. The minimum absolute atomic E-state index is 0.292. The van der Waals surface area contributed by atoms with E-state index >= 15 is 0 Å². The Morgan fingerprint density at radius 2 is 0.535 bits per heavy atom. The molecule has 5 nitrogen and oxygen atoms in total. The molecule has 0 unspecified atom stereocenters. The molecule has 0 atom stereocenters. The number of carbonyl (C=O) groups excluding carboxylic acids is 2. The maximum Gasteiger partial charge on any atom is 0.372 e. The van der Waals surface area contributed by atoms with Crippen molar-refractivity contribution in [2.75, 3.05) is 14.1 Å². The van der Waals surface area contributed by atoms with Gasteiger partial charge in [0.1, 0.15) is 0 Å². The average Bonchev–Trinajstić information content (AvgIpc) is 2.96. The van der Waals surface area contributed by atoms with E-state index in [-0.39, 0.29) is 11.9 Å². The molecule has 0 N–H and O–H groups in total. The number of hydrogen-bond donors (Lipinski definition) is 0. The van der Waals surface area contributed by atoms with Crippen LogP contribution < -0.4 is 0 Å². The van der Waals surface area contributed by atoms with Gasteiger partial charge in [-0.3, -0.25) is 0 Å². The van der Waals surface area contributed by atoms with Crippen LogP contribution in [0.15, 0.2) is 0 Å². The third-order valence-electron chi connectivity index (χ3n) is 8.61. The zero-order chi connectivity index (χ0) is 31.7. The predicted octanol–water partition coefficient (Wildman–Crippen LogP) is 12.5. The fourth-order valence-electron chi connectivity index (χ4n) is 5.88. The molecule has 0 aliphatic heterocycles. The number of carbonyl (C=O) groups is 2. The molecule has 0 aromatic heterocycles. The summed E-state index contributed by atoms with van der Waals surface area (Å²) in [5.74, 6) is -0.584. The Morgan fingerprint density at radius 3 is 0.744 bits per heavy atom. The van der Waals surface area contributed by atoms with Crippen molar-refractivity contribution >= 4 is 11.9 Å². The fourth-order valence-corrected chi connectivity index (χ4v) is 5.88. The summed E-state index contributed by atoms with van der Waals surface area (Å²) in [4.78, 5) is 34.9. The van der Waals surface area contributed by atoms with Gasteiger partial charge in [-0.2, -0.15) is 0 Å². The Balaban J connectivity index is 3.52. The standard InChI is InChI=1S/C38H76NO4/c1-5-7-9-11-13-15-17-19-21-23-25-27-29-31-33-35-37(40)42-39(3,4)43-38(41)36-34-32-30-28-26-24-22-20-18-16-14-12-10-8-6-2/h5-36H2,1-4H3/q+1. The van der Waals surface area contributed by atoms with Gasteiger partial charge in [0.05, 0.1) is 12.8 Å². The van der Waals surface area contributed by atoms with Crippen molar-refractivity contribution in [2.24, 2.45) is 0 Å². The van der Waals surface area contributed by atoms with E-state index in [9.17, 15) is 9.59 Å². The first kappa shape index (κ1) is 41.9. The summed E-state index contributed by atoms with van der Waals surface area (Å²) in [5, 5.41) is 0. The first-order chi connectivity index (χ1) is 20.9. The normalized spacial score (nSPS) is 11.6. The molecule has 0 saturated heterocycles. The molecule has 0 saturated carbocycles. The zero-order valence-corrected chi connectivity index (χ0v) is 29.7. The number of unbranched alkanes of at least 4 members (excludes halogenated alkanes) is 28. The van der Waals surface area contributed by atoms with Crippen molar-refractivity contribution in [2.45, 2.75) is 219 Å². The lowest BCUT2D eigenvalue weighted by molar-refractivity contribution is -1.20. The van der Waals surface area contributed by atoms with Crippen molar-refractivity contribution in [3.63, 3.8) is 0 Å². The van der Waals surface area contributed by atoms with Crippen molar-refractivity contribution in [3.05, 3.63) is 0 Å². The van der Waals surface area contributed by atoms with Crippen molar-refractivity contribution in [3.8, 4) is 0 Å². The number of quaternary nitrogens is 1. The summed E-state index contributed by atoms with van der Waals surface area (Å²) in [6, 6.07) is 0. The number of hydrogen-bond acceptors (Lipinski definition) is 4. The molecule has 0 amide bonds. The molecule has 5 heteroatoms. The summed E-state index contributed by atoms with van der Waals surface area (Å²) in [6.07, 6.45) is 39.8. The van der Waals surface area contributed by atoms with Gasteiger partial charge in [-0.05, 0) is 12.8 Å². The minimum Gasteiger partial charge on any atom is -0.245 e.